The van der Waals surface area contributed by atoms with Crippen LogP contribution in [0.1, 0.15) is 53.2 Å². The van der Waals surface area contributed by atoms with E-state index in [1.165, 1.54) is 18.6 Å². The van der Waals surface area contributed by atoms with Crippen molar-refractivity contribution < 1.29 is 14.8 Å². The van der Waals surface area contributed by atoms with Crippen LogP contribution in [0.2, 0.25) is 0 Å². The number of nitrogens with one attached hydrogen (secondary N) is 2. The van der Waals surface area contributed by atoms with Crippen molar-refractivity contribution >= 4 is 11.8 Å². The van der Waals surface area contributed by atoms with Crippen LogP contribution in [0.5, 0.6) is 0 Å². The first-order chi connectivity index (χ1) is 11.3. The van der Waals surface area contributed by atoms with Crippen LogP contribution in [0.4, 0.5) is 0 Å². The molecule has 1 aromatic carbocycles. The summed E-state index contributed by atoms with van der Waals surface area (Å²) in [6.45, 7) is 6.01. The Morgan fingerprint density at radius 3 is 2.25 bits per heavy atom. The summed E-state index contributed by atoms with van der Waals surface area (Å²) in [5, 5.41) is 11.6. The molecule has 2 rings (SSSR count). The molecule has 3 N–H and O–H groups in total. The Kier molecular flexibility index (Phi) is 5.25. The molecule has 0 bridgehead atoms. The highest BCUT2D eigenvalue weighted by atomic mass is 16.5. The lowest BCUT2D eigenvalue weighted by atomic mass is 9.82. The van der Waals surface area contributed by atoms with Crippen LogP contribution >= 0.6 is 0 Å². The van der Waals surface area contributed by atoms with Crippen LogP contribution < -0.4 is 10.8 Å². The molecule has 1 unspecified atom stereocenters. The fraction of sp³-hybridized carbons (Fsp3) is 0.294. The molecule has 2 aromatic rings. The van der Waals surface area contributed by atoms with Gasteiger partial charge >= 0.3 is 0 Å². The molecular formula is C17H20N4O3. The second kappa shape index (κ2) is 7.18. The predicted octanol–water partition coefficient (Wildman–Crippen LogP) is 2.11. The Bertz CT molecular complexity index is 709. The van der Waals surface area contributed by atoms with Crippen molar-refractivity contribution in [1.29, 1.82) is 0 Å². The van der Waals surface area contributed by atoms with E-state index in [9.17, 15) is 9.59 Å². The molecule has 0 aliphatic heterocycles. The normalized spacial score (nSPS) is 12.3. The number of carbonyl (C=O) groups is 2. The molecule has 0 aliphatic carbocycles. The molecule has 7 heteroatoms. The molecule has 1 aromatic heterocycles. The summed E-state index contributed by atoms with van der Waals surface area (Å²) in [4.78, 5) is 31.7. The molecule has 0 fully saturated rings. The Balaban J connectivity index is 2.26. The van der Waals surface area contributed by atoms with Crippen LogP contribution in [0, 0.1) is 5.41 Å². The molecule has 2 amide bonds. The lowest BCUT2D eigenvalue weighted by molar-refractivity contribution is 0.0706. The Morgan fingerprint density at radius 1 is 1.08 bits per heavy atom. The highest BCUT2D eigenvalue weighted by Gasteiger charge is 2.28. The zero-order valence-electron chi connectivity index (χ0n) is 13.8. The van der Waals surface area contributed by atoms with E-state index in [0.717, 1.165) is 5.56 Å². The minimum Gasteiger partial charge on any atom is -0.343 e. The first-order valence-corrected chi connectivity index (χ1v) is 7.44. The zero-order valence-corrected chi connectivity index (χ0v) is 13.8. The molecule has 1 heterocycles. The van der Waals surface area contributed by atoms with Crippen LogP contribution in [-0.2, 0) is 0 Å². The van der Waals surface area contributed by atoms with Gasteiger partial charge in [0.1, 0.15) is 5.69 Å². The van der Waals surface area contributed by atoms with Gasteiger partial charge in [0.2, 0.25) is 0 Å². The van der Waals surface area contributed by atoms with Gasteiger partial charge in [0.05, 0.1) is 12.2 Å². The molecule has 7 nitrogen and oxygen atoms in total. The number of aromatic nitrogens is 2. The predicted molar refractivity (Wildman–Crippen MR) is 87.4 cm³/mol. The minimum atomic E-state index is -0.586. The number of carbonyl (C=O) groups excluding carboxylic acids is 2. The summed E-state index contributed by atoms with van der Waals surface area (Å²) in [5.74, 6) is -0.905. The lowest BCUT2D eigenvalue weighted by Gasteiger charge is -2.32. The standard InChI is InChI=1S/C17H20N4O3/c1-17(2,3)14(20-16(23)13-10-18-8-9-19-13)11-4-6-12(7-5-11)15(22)21-24/h4-10,14,24H,1-3H3,(H,20,23)(H,21,22). The Hall–Kier alpha value is -2.80. The van der Waals surface area contributed by atoms with E-state index in [1.807, 2.05) is 20.8 Å². The summed E-state index contributed by atoms with van der Waals surface area (Å²) in [6, 6.07) is 6.38. The van der Waals surface area contributed by atoms with Crippen molar-refractivity contribution in [3.63, 3.8) is 0 Å². The second-order valence-electron chi connectivity index (χ2n) is 6.43. The van der Waals surface area contributed by atoms with Gasteiger partial charge < -0.3 is 5.32 Å². The van der Waals surface area contributed by atoms with E-state index in [1.54, 1.807) is 29.7 Å². The van der Waals surface area contributed by atoms with Crippen LogP contribution in [0.3, 0.4) is 0 Å². The van der Waals surface area contributed by atoms with E-state index in [-0.39, 0.29) is 23.1 Å². The number of nitrogens with zero attached hydrogens (tertiary/aromatic N) is 2. The third kappa shape index (κ3) is 4.14. The number of hydrogen-bond acceptors (Lipinski definition) is 5. The van der Waals surface area contributed by atoms with E-state index in [2.05, 4.69) is 15.3 Å². The molecule has 24 heavy (non-hydrogen) atoms. The van der Waals surface area contributed by atoms with Crippen molar-refractivity contribution in [2.75, 3.05) is 0 Å². The number of amides is 2. The summed E-state index contributed by atoms with van der Waals surface area (Å²) in [5.41, 5.74) is 2.73. The first-order valence-electron chi connectivity index (χ1n) is 7.44. The minimum absolute atomic E-state index is 0.239. The maximum Gasteiger partial charge on any atom is 0.274 e. The highest BCUT2D eigenvalue weighted by molar-refractivity contribution is 5.93. The average molecular weight is 328 g/mol. The zero-order chi connectivity index (χ0) is 17.7. The van der Waals surface area contributed by atoms with Gasteiger partial charge in [-0.25, -0.2) is 10.5 Å². The molecule has 126 valence electrons. The first kappa shape index (κ1) is 17.6. The van der Waals surface area contributed by atoms with Gasteiger partial charge in [-0.15, -0.1) is 0 Å². The van der Waals surface area contributed by atoms with Gasteiger partial charge in [-0.2, -0.15) is 0 Å². The quantitative estimate of drug-likeness (QED) is 0.589. The smallest absolute Gasteiger partial charge is 0.274 e. The number of hydroxylamine groups is 1. The third-order valence-electron chi connectivity index (χ3n) is 3.55. The van der Waals surface area contributed by atoms with Crippen LogP contribution in [-0.4, -0.2) is 27.0 Å². The molecule has 0 radical (unpaired) electrons. The fourth-order valence-electron chi connectivity index (χ4n) is 2.31. The maximum atomic E-state index is 12.4. The molecule has 1 atom stereocenters. The molecule has 0 saturated heterocycles. The highest BCUT2D eigenvalue weighted by Crippen LogP contribution is 2.33. The number of benzene rings is 1. The summed E-state index contributed by atoms with van der Waals surface area (Å²) in [6.07, 6.45) is 4.37. The van der Waals surface area contributed by atoms with Crippen molar-refractivity contribution in [2.45, 2.75) is 26.8 Å². The monoisotopic (exact) mass is 328 g/mol. The van der Waals surface area contributed by atoms with E-state index >= 15 is 0 Å². The Labute approximate surface area is 140 Å². The summed E-state index contributed by atoms with van der Waals surface area (Å²) < 4.78 is 0. The largest absolute Gasteiger partial charge is 0.343 e. The second-order valence-corrected chi connectivity index (χ2v) is 6.43. The van der Waals surface area contributed by atoms with Crippen molar-refractivity contribution in [2.24, 2.45) is 5.41 Å². The van der Waals surface area contributed by atoms with Gasteiger partial charge in [0.25, 0.3) is 11.8 Å². The van der Waals surface area contributed by atoms with E-state index in [0.29, 0.717) is 5.56 Å². The van der Waals surface area contributed by atoms with Crippen molar-refractivity contribution in [3.05, 3.63) is 59.7 Å². The van der Waals surface area contributed by atoms with Crippen molar-refractivity contribution in [1.82, 2.24) is 20.8 Å². The van der Waals surface area contributed by atoms with Gasteiger partial charge in [0, 0.05) is 18.0 Å². The van der Waals surface area contributed by atoms with Crippen LogP contribution in [0.15, 0.2) is 42.9 Å². The van der Waals surface area contributed by atoms with Crippen LogP contribution in [0.25, 0.3) is 0 Å². The third-order valence-corrected chi connectivity index (χ3v) is 3.55. The average Bonchev–Trinajstić information content (AvgIpc) is 2.58. The summed E-state index contributed by atoms with van der Waals surface area (Å²) >= 11 is 0. The molecular weight excluding hydrogens is 308 g/mol. The SMILES string of the molecule is CC(C)(C)C(NC(=O)c1cnccn1)c1ccc(C(=O)NO)cc1. The molecule has 0 aliphatic rings. The fourth-order valence-corrected chi connectivity index (χ4v) is 2.31. The molecule has 0 spiro atoms. The van der Waals surface area contributed by atoms with Gasteiger partial charge in [-0.3, -0.25) is 19.8 Å². The van der Waals surface area contributed by atoms with Crippen molar-refractivity contribution in [3.8, 4) is 0 Å². The van der Waals surface area contributed by atoms with Gasteiger partial charge in [-0.1, -0.05) is 32.9 Å². The summed E-state index contributed by atoms with van der Waals surface area (Å²) in [7, 11) is 0. The Morgan fingerprint density at radius 2 is 1.75 bits per heavy atom. The van der Waals surface area contributed by atoms with Gasteiger partial charge in [-0.05, 0) is 23.1 Å². The maximum absolute atomic E-state index is 12.4. The van der Waals surface area contributed by atoms with Gasteiger partial charge in [0.15, 0.2) is 0 Å². The number of hydrogen-bond donors (Lipinski definition) is 3. The van der Waals surface area contributed by atoms with E-state index in [4.69, 9.17) is 5.21 Å². The molecule has 0 saturated carbocycles. The van der Waals surface area contributed by atoms with E-state index < -0.39 is 5.91 Å². The topological polar surface area (TPSA) is 104 Å². The number of rotatable bonds is 4. The lowest BCUT2D eigenvalue weighted by Crippen LogP contribution is -2.37.